The molecule has 2 fully saturated rings. The van der Waals surface area contributed by atoms with Gasteiger partial charge < -0.3 is 45.0 Å². The van der Waals surface area contributed by atoms with Crippen molar-refractivity contribution in [1.29, 1.82) is 0 Å². The molecule has 3 rings (SSSR count). The minimum atomic E-state index is -5.06. The topological polar surface area (TPSA) is 268 Å². The molecule has 0 bridgehead atoms. The second kappa shape index (κ2) is 11.3. The van der Waals surface area contributed by atoms with E-state index in [0.29, 0.717) is 0 Å². The van der Waals surface area contributed by atoms with Crippen LogP contribution in [0.4, 0.5) is 0 Å². The predicted molar refractivity (Wildman–Crippen MR) is 110 cm³/mol. The van der Waals surface area contributed by atoms with Crippen molar-refractivity contribution in [2.45, 2.75) is 55.1 Å². The van der Waals surface area contributed by atoms with Crippen molar-refractivity contribution in [3.63, 3.8) is 0 Å². The summed E-state index contributed by atoms with van der Waals surface area (Å²) in [6.45, 7) is -1.59. The minimum Gasteiger partial charge on any atom is -0.394 e. The van der Waals surface area contributed by atoms with Gasteiger partial charge in [0.15, 0.2) is 6.23 Å². The van der Waals surface area contributed by atoms with Crippen LogP contribution in [0.15, 0.2) is 21.9 Å². The molecule has 2 unspecified atom stereocenters. The van der Waals surface area contributed by atoms with Gasteiger partial charge in [-0.3, -0.25) is 18.9 Å². The molecule has 1 aromatic rings. The SMILES string of the molecule is O=c1ccn([C@@H]2O[C@H](COP(=O)(O)O[P+](=O)C[C@@H]3O[C@H](CO)[C@H](O)[C@H](O)[C@H]3O)[C@@H](O)[C@H]2O)c(=O)[nH]1. The molecule has 35 heavy (non-hydrogen) atoms. The molecular formula is C16H25N2O15P2+. The monoisotopic (exact) mass is 547 g/mol. The number of hydrogen-bond donors (Lipinski definition) is 8. The summed E-state index contributed by atoms with van der Waals surface area (Å²) in [5.41, 5.74) is -1.66. The van der Waals surface area contributed by atoms with E-state index in [9.17, 15) is 49.1 Å². The van der Waals surface area contributed by atoms with Gasteiger partial charge in [-0.25, -0.2) is 9.36 Å². The first-order valence-corrected chi connectivity index (χ1v) is 13.0. The Morgan fingerprint density at radius 2 is 1.63 bits per heavy atom. The van der Waals surface area contributed by atoms with Crippen LogP contribution in [0.5, 0.6) is 0 Å². The molecule has 0 aromatic carbocycles. The molecule has 3 heterocycles. The number of rotatable bonds is 9. The van der Waals surface area contributed by atoms with Gasteiger partial charge >= 0.3 is 21.5 Å². The lowest BCUT2D eigenvalue weighted by Gasteiger charge is -2.38. The Morgan fingerprint density at radius 1 is 1.00 bits per heavy atom. The number of aliphatic hydroxyl groups excluding tert-OH is 6. The van der Waals surface area contributed by atoms with Gasteiger partial charge in [0.25, 0.3) is 5.56 Å². The molecule has 8 N–H and O–H groups in total. The van der Waals surface area contributed by atoms with Crippen LogP contribution in [0.2, 0.25) is 0 Å². The van der Waals surface area contributed by atoms with Crippen LogP contribution in [-0.2, 0) is 27.4 Å². The normalized spacial score (nSPS) is 37.7. The lowest BCUT2D eigenvalue weighted by atomic mass is 9.96. The maximum Gasteiger partial charge on any atom is 0.521 e. The number of phosphoric acid groups is 1. The number of phosphoric ester groups is 1. The van der Waals surface area contributed by atoms with Gasteiger partial charge in [0.1, 0.15) is 48.8 Å². The average molecular weight is 547 g/mol. The largest absolute Gasteiger partial charge is 0.521 e. The molecule has 198 valence electrons. The van der Waals surface area contributed by atoms with Crippen molar-refractivity contribution in [2.75, 3.05) is 19.4 Å². The van der Waals surface area contributed by atoms with Crippen LogP contribution in [0.3, 0.4) is 0 Å². The number of H-pyrrole nitrogens is 1. The predicted octanol–water partition coefficient (Wildman–Crippen LogP) is -4.13. The molecule has 0 aliphatic carbocycles. The van der Waals surface area contributed by atoms with E-state index in [2.05, 4.69) is 8.83 Å². The molecule has 0 spiro atoms. The fourth-order valence-electron chi connectivity index (χ4n) is 3.54. The summed E-state index contributed by atoms with van der Waals surface area (Å²) in [7, 11) is -8.11. The summed E-state index contributed by atoms with van der Waals surface area (Å²) in [4.78, 5) is 34.8. The zero-order valence-corrected chi connectivity index (χ0v) is 19.5. The van der Waals surface area contributed by atoms with E-state index in [1.165, 1.54) is 0 Å². The standard InChI is InChI=1S/C16H24N2O15P2/c19-3-6-10(21)13(24)12(23)8(31-6)5-34(27)33-35(28,29)30-4-7-11(22)14(25)15(32-7)18-2-1-9(20)17-16(18)26/h1-2,6-8,10-15,19,21-25H,3-5H2,(H-,17,20,26,28,29)/p+1/t6-,7-,8+,10+,11-,12+,13+,14-,15-/m1/s1. The first-order chi connectivity index (χ1) is 16.3. The van der Waals surface area contributed by atoms with Crippen molar-refractivity contribution in [2.24, 2.45) is 0 Å². The van der Waals surface area contributed by atoms with Crippen molar-refractivity contribution in [3.05, 3.63) is 33.1 Å². The van der Waals surface area contributed by atoms with Crippen molar-refractivity contribution in [3.8, 4) is 0 Å². The van der Waals surface area contributed by atoms with Crippen LogP contribution in [-0.4, -0.2) is 113 Å². The third-order valence-corrected chi connectivity index (χ3v) is 8.07. The van der Waals surface area contributed by atoms with E-state index < -0.39 is 102 Å². The molecule has 2 saturated heterocycles. The highest BCUT2D eigenvalue weighted by Gasteiger charge is 2.49. The molecule has 2 aliphatic heterocycles. The second-order valence-electron chi connectivity index (χ2n) is 7.79. The van der Waals surface area contributed by atoms with E-state index in [0.717, 1.165) is 16.8 Å². The van der Waals surface area contributed by atoms with Gasteiger partial charge in [-0.1, -0.05) is 0 Å². The van der Waals surface area contributed by atoms with Gasteiger partial charge in [0.05, 0.1) is 13.2 Å². The molecule has 2 aliphatic rings. The Labute approximate surface area is 196 Å². The highest BCUT2D eigenvalue weighted by molar-refractivity contribution is 7.57. The van der Waals surface area contributed by atoms with Crippen molar-refractivity contribution >= 4 is 15.9 Å². The summed E-state index contributed by atoms with van der Waals surface area (Å²) in [6.07, 6.45) is -13.9. The quantitative estimate of drug-likeness (QED) is 0.136. The van der Waals surface area contributed by atoms with E-state index in [1.54, 1.807) is 0 Å². The summed E-state index contributed by atoms with van der Waals surface area (Å²) in [6, 6.07) is 0.968. The number of nitrogens with zero attached hydrogens (tertiary/aromatic N) is 1. The molecular weight excluding hydrogens is 522 g/mol. The van der Waals surface area contributed by atoms with Crippen LogP contribution in [0.25, 0.3) is 0 Å². The van der Waals surface area contributed by atoms with E-state index in [4.69, 9.17) is 14.6 Å². The summed E-state index contributed by atoms with van der Waals surface area (Å²) >= 11 is 0. The van der Waals surface area contributed by atoms with Crippen LogP contribution >= 0.6 is 15.9 Å². The maximum atomic E-state index is 12.2. The fraction of sp³-hybridized carbons (Fsp3) is 0.750. The summed E-state index contributed by atoms with van der Waals surface area (Å²) < 4.78 is 44.7. The van der Waals surface area contributed by atoms with Gasteiger partial charge in [0, 0.05) is 12.3 Å². The number of nitrogens with one attached hydrogen (secondary N) is 1. The lowest BCUT2D eigenvalue weighted by molar-refractivity contribution is -0.223. The number of ether oxygens (including phenoxy) is 2. The second-order valence-corrected chi connectivity index (χ2v) is 10.7. The van der Waals surface area contributed by atoms with E-state index >= 15 is 0 Å². The zero-order valence-electron chi connectivity index (χ0n) is 17.7. The molecule has 19 heteroatoms. The lowest BCUT2D eigenvalue weighted by Crippen LogP contribution is -2.59. The van der Waals surface area contributed by atoms with Crippen LogP contribution in [0, 0.1) is 0 Å². The number of aliphatic hydroxyl groups is 6. The van der Waals surface area contributed by atoms with E-state index in [1.807, 2.05) is 4.98 Å². The Hall–Kier alpha value is -1.43. The maximum absolute atomic E-state index is 12.2. The minimum absolute atomic E-state index is 0.713. The van der Waals surface area contributed by atoms with E-state index in [-0.39, 0.29) is 0 Å². The Morgan fingerprint density at radius 3 is 2.26 bits per heavy atom. The van der Waals surface area contributed by atoms with Crippen molar-refractivity contribution in [1.82, 2.24) is 9.55 Å². The molecule has 0 amide bonds. The van der Waals surface area contributed by atoms with Crippen LogP contribution in [0.1, 0.15) is 6.23 Å². The molecule has 1 aromatic heterocycles. The number of hydrogen-bond acceptors (Lipinski definition) is 14. The highest BCUT2D eigenvalue weighted by Crippen LogP contribution is 2.53. The van der Waals surface area contributed by atoms with Gasteiger partial charge in [0.2, 0.25) is 6.16 Å². The number of aromatic amines is 1. The Balaban J connectivity index is 1.56. The zero-order chi connectivity index (χ0) is 26.1. The molecule has 17 nitrogen and oxygen atoms in total. The van der Waals surface area contributed by atoms with Gasteiger partial charge in [-0.05, 0) is 8.88 Å². The first-order valence-electron chi connectivity index (χ1n) is 10.1. The first kappa shape index (κ1) is 28.1. The van der Waals surface area contributed by atoms with Crippen molar-refractivity contribution < 1.29 is 63.0 Å². The Bertz CT molecular complexity index is 1060. The molecule has 0 radical (unpaired) electrons. The average Bonchev–Trinajstić information content (AvgIpc) is 3.06. The van der Waals surface area contributed by atoms with Crippen LogP contribution < -0.4 is 11.2 Å². The molecule has 0 saturated carbocycles. The smallest absolute Gasteiger partial charge is 0.394 e. The third kappa shape index (κ3) is 6.47. The molecule has 11 atom stereocenters. The summed E-state index contributed by atoms with van der Waals surface area (Å²) in [5.74, 6) is 0. The Kier molecular flexibility index (Phi) is 9.10. The fourth-order valence-corrected chi connectivity index (χ4v) is 5.85. The highest BCUT2D eigenvalue weighted by atomic mass is 31.2. The van der Waals surface area contributed by atoms with Gasteiger partial charge in [-0.2, -0.15) is 0 Å². The number of aromatic nitrogens is 2. The summed E-state index contributed by atoms with van der Waals surface area (Å²) in [5, 5.41) is 58.9. The third-order valence-electron chi connectivity index (χ3n) is 5.38. The van der Waals surface area contributed by atoms with Gasteiger partial charge in [-0.15, -0.1) is 0 Å².